The van der Waals surface area contributed by atoms with Gasteiger partial charge in [-0.15, -0.1) is 0 Å². The summed E-state index contributed by atoms with van der Waals surface area (Å²) in [4.78, 5) is 57.2. The third kappa shape index (κ3) is 7.66. The molecule has 0 radical (unpaired) electrons. The van der Waals surface area contributed by atoms with Crippen molar-refractivity contribution in [3.8, 4) is 0 Å². The number of carbonyl (C=O) groups is 3. The second-order valence-electron chi connectivity index (χ2n) is 8.61. The summed E-state index contributed by atoms with van der Waals surface area (Å²) in [6, 6.07) is 11.6. The van der Waals surface area contributed by atoms with Gasteiger partial charge in [0, 0.05) is 16.9 Å². The van der Waals surface area contributed by atoms with Gasteiger partial charge in [-0.3, -0.25) is 4.52 Å². The van der Waals surface area contributed by atoms with E-state index >= 15 is 0 Å². The number of phosphoric ester groups is 1. The van der Waals surface area contributed by atoms with Crippen LogP contribution in [-0.2, 0) is 32.8 Å². The number of aliphatic hydroxyl groups is 1. The Kier molecular flexibility index (Phi) is 10.0. The van der Waals surface area contributed by atoms with Gasteiger partial charge in [0.1, 0.15) is 24.9 Å². The van der Waals surface area contributed by atoms with E-state index in [4.69, 9.17) is 34.9 Å². The Morgan fingerprint density at radius 2 is 1.48 bits per heavy atom. The zero-order valence-corrected chi connectivity index (χ0v) is 22.3. The standard InChI is InChI=1S/C25H29N2O12P/c1-3-13(2)22(29)35-12-18-19(28)20(39-40(32,33)34)21(37-23(30)14-8-4-6-10-16(14)26)25(36-18)38-24(31)15-9-5-7-11-17(15)27/h3-11,18-21,25,28H,12,26-27H2,1-2H3,(H2,32,33,34)/b13-3+/t18-,19-,20+,21-,25+/m1/s1. The van der Waals surface area contributed by atoms with E-state index in [1.807, 2.05) is 0 Å². The van der Waals surface area contributed by atoms with Crippen molar-refractivity contribution in [3.05, 3.63) is 71.3 Å². The summed E-state index contributed by atoms with van der Waals surface area (Å²) < 4.78 is 38.2. The quantitative estimate of drug-likeness (QED) is 0.0926. The summed E-state index contributed by atoms with van der Waals surface area (Å²) >= 11 is 0. The Bertz CT molecular complexity index is 1330. The molecular weight excluding hydrogens is 551 g/mol. The number of nitrogen functional groups attached to an aromatic ring is 2. The van der Waals surface area contributed by atoms with E-state index in [-0.39, 0.29) is 28.1 Å². The maximum Gasteiger partial charge on any atom is 0.470 e. The lowest BCUT2D eigenvalue weighted by molar-refractivity contribution is -0.282. The summed E-state index contributed by atoms with van der Waals surface area (Å²) in [6.45, 7) is 2.41. The average molecular weight is 580 g/mol. The molecule has 3 rings (SSSR count). The van der Waals surface area contributed by atoms with E-state index in [1.54, 1.807) is 19.1 Å². The van der Waals surface area contributed by atoms with Crippen LogP contribution in [0.25, 0.3) is 0 Å². The van der Waals surface area contributed by atoms with Gasteiger partial charge in [0.15, 0.2) is 6.10 Å². The van der Waals surface area contributed by atoms with Crippen molar-refractivity contribution < 1.29 is 57.3 Å². The van der Waals surface area contributed by atoms with Crippen molar-refractivity contribution in [2.75, 3.05) is 18.1 Å². The lowest BCUT2D eigenvalue weighted by atomic mass is 9.98. The lowest BCUT2D eigenvalue weighted by Crippen LogP contribution is -2.61. The van der Waals surface area contributed by atoms with Crippen LogP contribution >= 0.6 is 7.82 Å². The highest BCUT2D eigenvalue weighted by molar-refractivity contribution is 7.46. The fraction of sp³-hybridized carbons (Fsp3) is 0.320. The Morgan fingerprint density at radius 3 is 1.98 bits per heavy atom. The second kappa shape index (κ2) is 13.0. The van der Waals surface area contributed by atoms with Gasteiger partial charge in [0.25, 0.3) is 0 Å². The highest BCUT2D eigenvalue weighted by atomic mass is 31.2. The van der Waals surface area contributed by atoms with E-state index in [1.165, 1.54) is 49.4 Å². The number of anilines is 2. The van der Waals surface area contributed by atoms with Crippen molar-refractivity contribution >= 4 is 37.1 Å². The molecule has 0 saturated carbocycles. The zero-order valence-electron chi connectivity index (χ0n) is 21.4. The minimum absolute atomic E-state index is 0.00646. The summed E-state index contributed by atoms with van der Waals surface area (Å²) in [5.74, 6) is -2.94. The van der Waals surface area contributed by atoms with Gasteiger partial charge in [-0.1, -0.05) is 30.3 Å². The van der Waals surface area contributed by atoms with Gasteiger partial charge < -0.3 is 45.3 Å². The number of allylic oxidation sites excluding steroid dienone is 1. The minimum Gasteiger partial charge on any atom is -0.459 e. The van der Waals surface area contributed by atoms with Gasteiger partial charge in [0.05, 0.1) is 11.1 Å². The molecule has 7 N–H and O–H groups in total. The average Bonchev–Trinajstić information content (AvgIpc) is 2.90. The number of carbonyl (C=O) groups excluding carboxylic acids is 3. The molecule has 1 saturated heterocycles. The molecule has 0 spiro atoms. The van der Waals surface area contributed by atoms with Crippen molar-refractivity contribution in [2.24, 2.45) is 0 Å². The van der Waals surface area contributed by atoms with Crippen LogP contribution in [0.4, 0.5) is 11.4 Å². The van der Waals surface area contributed by atoms with Crippen molar-refractivity contribution in [1.29, 1.82) is 0 Å². The van der Waals surface area contributed by atoms with Crippen molar-refractivity contribution in [3.63, 3.8) is 0 Å². The maximum atomic E-state index is 13.0. The third-order valence-electron chi connectivity index (χ3n) is 5.84. The molecule has 2 aromatic rings. The molecule has 40 heavy (non-hydrogen) atoms. The fourth-order valence-electron chi connectivity index (χ4n) is 3.64. The molecule has 14 nitrogen and oxygen atoms in total. The van der Waals surface area contributed by atoms with E-state index in [2.05, 4.69) is 0 Å². The minimum atomic E-state index is -5.35. The summed E-state index contributed by atoms with van der Waals surface area (Å²) in [5, 5.41) is 10.9. The molecule has 1 heterocycles. The number of hydrogen-bond acceptors (Lipinski definition) is 12. The number of esters is 3. The van der Waals surface area contributed by atoms with Gasteiger partial charge >= 0.3 is 25.7 Å². The Morgan fingerprint density at radius 1 is 0.950 bits per heavy atom. The number of phosphoric acid groups is 1. The molecule has 1 aliphatic rings. The topological polar surface area (TPSA) is 227 Å². The summed E-state index contributed by atoms with van der Waals surface area (Å²) in [7, 11) is -5.35. The number of hydrogen-bond donors (Lipinski definition) is 5. The zero-order chi connectivity index (χ0) is 29.6. The first-order valence-corrected chi connectivity index (χ1v) is 13.3. The first kappa shape index (κ1) is 30.8. The molecule has 0 bridgehead atoms. The van der Waals surface area contributed by atoms with Gasteiger partial charge in [-0.2, -0.15) is 0 Å². The van der Waals surface area contributed by atoms with Crippen molar-refractivity contribution in [1.82, 2.24) is 0 Å². The highest BCUT2D eigenvalue weighted by Crippen LogP contribution is 2.42. The van der Waals surface area contributed by atoms with E-state index in [0.717, 1.165) is 0 Å². The summed E-state index contributed by atoms with van der Waals surface area (Å²) in [5.41, 5.74) is 11.7. The number of aliphatic hydroxyl groups excluding tert-OH is 1. The van der Waals surface area contributed by atoms with Crippen LogP contribution in [-0.4, -0.2) is 70.1 Å². The van der Waals surface area contributed by atoms with E-state index < -0.39 is 63.0 Å². The molecule has 15 heteroatoms. The lowest BCUT2D eigenvalue weighted by Gasteiger charge is -2.42. The Hall–Kier alpha value is -3.78. The predicted molar refractivity (Wildman–Crippen MR) is 138 cm³/mol. The van der Waals surface area contributed by atoms with Gasteiger partial charge in [-0.05, 0) is 38.1 Å². The monoisotopic (exact) mass is 580 g/mol. The molecule has 5 atom stereocenters. The molecule has 2 aromatic carbocycles. The van der Waals surface area contributed by atoms with Crippen LogP contribution in [0.2, 0.25) is 0 Å². The maximum absolute atomic E-state index is 13.0. The van der Waals surface area contributed by atoms with Crippen molar-refractivity contribution in [2.45, 2.75) is 44.6 Å². The predicted octanol–water partition coefficient (Wildman–Crippen LogP) is 1.31. The fourth-order valence-corrected chi connectivity index (χ4v) is 4.20. The molecule has 0 aromatic heterocycles. The van der Waals surface area contributed by atoms with Crippen LogP contribution < -0.4 is 11.5 Å². The molecule has 0 aliphatic carbocycles. The number of para-hydroxylation sites is 2. The Balaban J connectivity index is 1.99. The van der Waals surface area contributed by atoms with Gasteiger partial charge in [0.2, 0.25) is 6.29 Å². The molecule has 1 aliphatic heterocycles. The largest absolute Gasteiger partial charge is 0.470 e. The smallest absolute Gasteiger partial charge is 0.459 e. The van der Waals surface area contributed by atoms with Crippen LogP contribution in [0.3, 0.4) is 0 Å². The number of ether oxygens (including phenoxy) is 4. The molecule has 0 unspecified atom stereocenters. The van der Waals surface area contributed by atoms with Crippen LogP contribution in [0.1, 0.15) is 34.6 Å². The molecule has 1 fully saturated rings. The Labute approximate surface area is 228 Å². The van der Waals surface area contributed by atoms with E-state index in [0.29, 0.717) is 0 Å². The summed E-state index contributed by atoms with van der Waals surface area (Å²) in [6.07, 6.45) is -7.91. The van der Waals surface area contributed by atoms with Crippen LogP contribution in [0.15, 0.2) is 60.2 Å². The van der Waals surface area contributed by atoms with E-state index in [9.17, 15) is 33.8 Å². The molecule has 0 amide bonds. The highest BCUT2D eigenvalue weighted by Gasteiger charge is 2.53. The van der Waals surface area contributed by atoms with Crippen LogP contribution in [0, 0.1) is 0 Å². The second-order valence-corrected chi connectivity index (χ2v) is 9.81. The number of nitrogens with two attached hydrogens (primary N) is 2. The number of benzene rings is 2. The first-order chi connectivity index (χ1) is 18.8. The van der Waals surface area contributed by atoms with Crippen LogP contribution in [0.5, 0.6) is 0 Å². The van der Waals surface area contributed by atoms with Gasteiger partial charge in [-0.25, -0.2) is 18.9 Å². The molecule has 216 valence electrons. The molecular formula is C25H29N2O12P. The normalized spacial score (nSPS) is 23.2. The first-order valence-electron chi connectivity index (χ1n) is 11.8. The third-order valence-corrected chi connectivity index (χ3v) is 6.36. The number of rotatable bonds is 9. The SMILES string of the molecule is C/C=C(\C)C(=O)OC[C@H]1O[C@@H](OC(=O)c2ccccc2N)[C@H](OC(=O)c2ccccc2N)[C@@H](OP(=O)(O)O)[C@@H]1O.